The third-order valence-electron chi connectivity index (χ3n) is 6.07. The minimum atomic E-state index is -1.04. The summed E-state index contributed by atoms with van der Waals surface area (Å²) in [5.41, 5.74) is 2.29. The number of likely N-dealkylation sites (tertiary alicyclic amines) is 1. The van der Waals surface area contributed by atoms with Crippen LogP contribution in [0, 0.1) is 28.6 Å². The zero-order valence-electron chi connectivity index (χ0n) is 19.6. The molecule has 0 aliphatic carbocycles. The van der Waals surface area contributed by atoms with Crippen molar-refractivity contribution in [3.8, 4) is 12.1 Å². The number of nitriles is 2. The number of benzene rings is 1. The van der Waals surface area contributed by atoms with Gasteiger partial charge in [-0.2, -0.15) is 10.5 Å². The van der Waals surface area contributed by atoms with Gasteiger partial charge in [0.2, 0.25) is 5.91 Å². The summed E-state index contributed by atoms with van der Waals surface area (Å²) in [6, 6.07) is 12.2. The van der Waals surface area contributed by atoms with Gasteiger partial charge in [0.25, 0.3) is 5.91 Å². The highest BCUT2D eigenvalue weighted by molar-refractivity contribution is 8.05. The molecule has 2 aliphatic rings. The van der Waals surface area contributed by atoms with Crippen molar-refractivity contribution in [1.29, 1.82) is 10.5 Å². The molecule has 0 spiro atoms. The Labute approximate surface area is 206 Å². The van der Waals surface area contributed by atoms with E-state index in [1.807, 2.05) is 37.3 Å². The van der Waals surface area contributed by atoms with Gasteiger partial charge in [-0.15, -0.1) is 0 Å². The average Bonchev–Trinajstić information content (AvgIpc) is 3.46. The molecule has 2 fully saturated rings. The van der Waals surface area contributed by atoms with Gasteiger partial charge in [-0.1, -0.05) is 23.9 Å². The number of carbonyl (C=O) groups is 2. The van der Waals surface area contributed by atoms with E-state index in [-0.39, 0.29) is 12.5 Å². The number of hydrogen-bond acceptors (Lipinski definition) is 7. The highest BCUT2D eigenvalue weighted by atomic mass is 32.2. The van der Waals surface area contributed by atoms with Gasteiger partial charge in [-0.25, -0.2) is 0 Å². The molecule has 0 saturated carbocycles. The summed E-state index contributed by atoms with van der Waals surface area (Å²) >= 11 is 1.23. The molecule has 0 aromatic heterocycles. The molecule has 2 saturated heterocycles. The second-order valence-corrected chi connectivity index (χ2v) is 9.54. The summed E-state index contributed by atoms with van der Waals surface area (Å²) in [5.74, 6) is -1.75. The van der Waals surface area contributed by atoms with Crippen LogP contribution in [-0.4, -0.2) is 66.3 Å². The fourth-order valence-electron chi connectivity index (χ4n) is 4.31. The maximum Gasteiger partial charge on any atom is 0.261 e. The first kappa shape index (κ1) is 25.6. The van der Waals surface area contributed by atoms with Crippen molar-refractivity contribution in [2.45, 2.75) is 38.0 Å². The number of likely N-dealkylation sites (N-methyl/N-ethyl adjacent to an activating group) is 1. The number of anilines is 1. The Hall–Kier alpha value is -3.01. The van der Waals surface area contributed by atoms with Crippen LogP contribution in [0.3, 0.4) is 0 Å². The van der Waals surface area contributed by atoms with Crippen molar-refractivity contribution in [3.63, 3.8) is 0 Å². The summed E-state index contributed by atoms with van der Waals surface area (Å²) in [7, 11) is 0. The van der Waals surface area contributed by atoms with E-state index in [4.69, 9.17) is 5.26 Å². The predicted octanol–water partition coefficient (Wildman–Crippen LogP) is 2.71. The molecule has 2 aliphatic heterocycles. The summed E-state index contributed by atoms with van der Waals surface area (Å²) < 4.78 is 0. The maximum absolute atomic E-state index is 12.8. The molecular weight excluding hydrogens is 448 g/mol. The molecule has 1 aromatic rings. The number of rotatable bonds is 11. The van der Waals surface area contributed by atoms with Gasteiger partial charge in [-0.05, 0) is 76.0 Å². The normalized spacial score (nSPS) is 20.2. The molecule has 8 nitrogen and oxygen atoms in total. The van der Waals surface area contributed by atoms with Crippen LogP contribution in [0.25, 0.3) is 0 Å². The fraction of sp³-hybridized carbons (Fsp3) is 0.520. The molecular formula is C25H32N6O2S. The number of carbonyl (C=O) groups excluding carboxylic acids is 2. The Morgan fingerprint density at radius 2 is 2.12 bits per heavy atom. The van der Waals surface area contributed by atoms with Crippen LogP contribution in [0.4, 0.5) is 5.69 Å². The Kier molecular flexibility index (Phi) is 9.81. The monoisotopic (exact) mass is 480 g/mol. The molecule has 34 heavy (non-hydrogen) atoms. The molecule has 2 amide bonds. The highest BCUT2D eigenvalue weighted by Crippen LogP contribution is 2.38. The van der Waals surface area contributed by atoms with E-state index >= 15 is 0 Å². The van der Waals surface area contributed by atoms with Gasteiger partial charge >= 0.3 is 0 Å². The van der Waals surface area contributed by atoms with Gasteiger partial charge in [0.05, 0.1) is 17.0 Å². The van der Waals surface area contributed by atoms with Gasteiger partial charge in [-0.3, -0.25) is 9.59 Å². The van der Waals surface area contributed by atoms with Gasteiger partial charge in [0.15, 0.2) is 5.92 Å². The van der Waals surface area contributed by atoms with Crippen molar-refractivity contribution in [2.75, 3.05) is 44.6 Å². The Bertz CT molecular complexity index is 976. The highest BCUT2D eigenvalue weighted by Gasteiger charge is 2.42. The van der Waals surface area contributed by atoms with Crippen molar-refractivity contribution >= 4 is 29.3 Å². The van der Waals surface area contributed by atoms with E-state index in [0.717, 1.165) is 25.1 Å². The molecule has 0 radical (unpaired) electrons. The van der Waals surface area contributed by atoms with Crippen LogP contribution in [0.5, 0.6) is 0 Å². The lowest BCUT2D eigenvalue weighted by Crippen LogP contribution is -2.43. The topological polar surface area (TPSA) is 112 Å². The Balaban J connectivity index is 1.55. The number of hydrogen-bond donors (Lipinski definition) is 2. The van der Waals surface area contributed by atoms with Gasteiger partial charge in [0, 0.05) is 18.8 Å². The number of nitrogens with zero attached hydrogens (tertiary/aromatic N) is 4. The number of nitrogens with one attached hydrogen (secondary N) is 2. The number of amides is 2. The van der Waals surface area contributed by atoms with Crippen LogP contribution in [0.15, 0.2) is 35.2 Å². The van der Waals surface area contributed by atoms with Crippen LogP contribution >= 0.6 is 11.8 Å². The van der Waals surface area contributed by atoms with E-state index < -0.39 is 17.2 Å². The van der Waals surface area contributed by atoms with Crippen molar-refractivity contribution in [1.82, 2.24) is 15.1 Å². The molecule has 2 unspecified atom stereocenters. The second-order valence-electron chi connectivity index (χ2n) is 8.38. The second kappa shape index (κ2) is 13.0. The fourth-order valence-corrected chi connectivity index (χ4v) is 5.66. The van der Waals surface area contributed by atoms with Crippen LogP contribution < -0.4 is 10.6 Å². The van der Waals surface area contributed by atoms with E-state index in [1.165, 1.54) is 48.2 Å². The van der Waals surface area contributed by atoms with Crippen molar-refractivity contribution < 1.29 is 9.59 Å². The minimum Gasteiger partial charge on any atom is -0.382 e. The third-order valence-corrected chi connectivity index (χ3v) is 7.44. The first-order chi connectivity index (χ1) is 16.6. The number of aryl methyl sites for hydroxylation is 1. The van der Waals surface area contributed by atoms with E-state index in [1.54, 1.807) is 0 Å². The first-order valence-electron chi connectivity index (χ1n) is 11.8. The van der Waals surface area contributed by atoms with Crippen LogP contribution in [0.2, 0.25) is 0 Å². The molecule has 2 heterocycles. The SMILES string of the molecule is CCN1C(=O)/C(=C\CNc2cccc(CCCN3CCCC3)c2)SC1C(C#N)C(=O)NCC#N. The molecule has 180 valence electrons. The summed E-state index contributed by atoms with van der Waals surface area (Å²) in [4.78, 5) is 29.7. The van der Waals surface area contributed by atoms with E-state index in [2.05, 4.69) is 27.7 Å². The first-order valence-corrected chi connectivity index (χ1v) is 12.7. The zero-order chi connectivity index (χ0) is 24.3. The Morgan fingerprint density at radius 3 is 2.82 bits per heavy atom. The minimum absolute atomic E-state index is 0.168. The molecule has 1 aromatic carbocycles. The average molecular weight is 481 g/mol. The van der Waals surface area contributed by atoms with E-state index in [0.29, 0.717) is 18.0 Å². The standard InChI is InChI=1S/C25H32N6O2S/c1-2-31-24(33)22(34-25(31)21(18-27)23(32)29-13-11-26)10-12-28-20-9-5-7-19(17-20)8-6-16-30-14-3-4-15-30/h5,7,9-10,17,21,25,28H,2-4,6,8,12-16H2,1H3,(H,29,32)/b22-10+. The summed E-state index contributed by atoms with van der Waals surface area (Å²) in [5, 5.41) is 23.4. The smallest absolute Gasteiger partial charge is 0.261 e. The van der Waals surface area contributed by atoms with Crippen LogP contribution in [-0.2, 0) is 16.0 Å². The quantitative estimate of drug-likeness (QED) is 0.370. The molecule has 0 bridgehead atoms. The maximum atomic E-state index is 12.8. The molecule has 2 N–H and O–H groups in total. The molecule has 3 rings (SSSR count). The van der Waals surface area contributed by atoms with Gasteiger partial charge in [0.1, 0.15) is 11.9 Å². The third kappa shape index (κ3) is 6.75. The van der Waals surface area contributed by atoms with Gasteiger partial charge < -0.3 is 20.4 Å². The van der Waals surface area contributed by atoms with Crippen LogP contribution in [0.1, 0.15) is 31.7 Å². The van der Waals surface area contributed by atoms with Crippen molar-refractivity contribution in [2.24, 2.45) is 5.92 Å². The molecule has 9 heteroatoms. The molecule has 2 atom stereocenters. The zero-order valence-corrected chi connectivity index (χ0v) is 20.4. The summed E-state index contributed by atoms with van der Waals surface area (Å²) in [6.07, 6.45) is 6.64. The lowest BCUT2D eigenvalue weighted by molar-refractivity contribution is -0.128. The Morgan fingerprint density at radius 1 is 1.32 bits per heavy atom. The lowest BCUT2D eigenvalue weighted by Gasteiger charge is -2.24. The predicted molar refractivity (Wildman–Crippen MR) is 134 cm³/mol. The summed E-state index contributed by atoms with van der Waals surface area (Å²) in [6.45, 7) is 6.11. The largest absolute Gasteiger partial charge is 0.382 e. The van der Waals surface area contributed by atoms with Crippen molar-refractivity contribution in [3.05, 3.63) is 40.8 Å². The lowest BCUT2D eigenvalue weighted by atomic mass is 10.1. The number of thioether (sulfide) groups is 1. The van der Waals surface area contributed by atoms with E-state index in [9.17, 15) is 14.9 Å².